The third kappa shape index (κ3) is 3.59. The average molecular weight is 445 g/mol. The Kier molecular flexibility index (Phi) is 6.72. The number of ether oxygens (including phenoxy) is 4. The van der Waals surface area contributed by atoms with Crippen molar-refractivity contribution in [3.63, 3.8) is 0 Å². The number of ketones is 1. The first kappa shape index (κ1) is 20.3. The van der Waals surface area contributed by atoms with Gasteiger partial charge in [0, 0.05) is 0 Å². The predicted molar refractivity (Wildman–Crippen MR) is 102 cm³/mol. The highest BCUT2D eigenvalue weighted by molar-refractivity contribution is 9.10. The summed E-state index contributed by atoms with van der Waals surface area (Å²) in [7, 11) is 4.46. The Morgan fingerprint density at radius 2 is 1.81 bits per heavy atom. The minimum atomic E-state index is -0.356. The number of hydrogen-bond donors (Lipinski definition) is 0. The molecule has 0 aliphatic rings. The van der Waals surface area contributed by atoms with Gasteiger partial charge in [-0.15, -0.1) is 0 Å². The van der Waals surface area contributed by atoms with Gasteiger partial charge in [0.25, 0.3) is 0 Å². The van der Waals surface area contributed by atoms with E-state index in [-0.39, 0.29) is 23.0 Å². The van der Waals surface area contributed by atoms with Crippen molar-refractivity contribution in [3.05, 3.63) is 38.4 Å². The molecule has 26 heavy (non-hydrogen) atoms. The summed E-state index contributed by atoms with van der Waals surface area (Å²) < 4.78 is 22.1. The van der Waals surface area contributed by atoms with Crippen molar-refractivity contribution in [2.24, 2.45) is 0 Å². The van der Waals surface area contributed by atoms with Crippen molar-refractivity contribution in [3.8, 4) is 23.1 Å². The van der Waals surface area contributed by atoms with Crippen LogP contribution in [0.5, 0.6) is 23.1 Å². The first-order valence-electron chi connectivity index (χ1n) is 7.72. The maximum atomic E-state index is 13.4. The van der Waals surface area contributed by atoms with Crippen LogP contribution in [0.15, 0.2) is 16.7 Å². The van der Waals surface area contributed by atoms with Gasteiger partial charge >= 0.3 is 0 Å². The number of methoxy groups -OCH3 is 3. The number of halogens is 2. The number of pyridine rings is 1. The van der Waals surface area contributed by atoms with Crippen LogP contribution >= 0.6 is 27.5 Å². The first-order chi connectivity index (χ1) is 12.4. The molecule has 0 saturated heterocycles. The third-order valence-electron chi connectivity index (χ3n) is 3.70. The topological polar surface area (TPSA) is 66.9 Å². The second-order valence-electron chi connectivity index (χ2n) is 5.20. The van der Waals surface area contributed by atoms with E-state index in [1.54, 1.807) is 19.9 Å². The number of carbonyl (C=O) groups excluding carboxylic acids is 1. The second-order valence-corrected chi connectivity index (χ2v) is 6.40. The lowest BCUT2D eigenvalue weighted by Gasteiger charge is -2.19. The minimum absolute atomic E-state index is 0.185. The van der Waals surface area contributed by atoms with Crippen LogP contribution in [-0.2, 0) is 0 Å². The predicted octanol–water partition coefficient (Wildman–Crippen LogP) is 4.46. The summed E-state index contributed by atoms with van der Waals surface area (Å²) in [5.41, 5.74) is 1.18. The molecule has 6 nitrogen and oxygen atoms in total. The standard InChI is InChI=1S/C18H19BrClNO5/c1-6-26-18-13(14(19)10(20)8-21-18)15(22)12-9(2)7-11(23-3)16(24-4)17(12)25-5/h7-8H,6H2,1-5H3. The minimum Gasteiger partial charge on any atom is -0.493 e. The van der Waals surface area contributed by atoms with E-state index < -0.39 is 0 Å². The van der Waals surface area contributed by atoms with Crippen LogP contribution in [0.3, 0.4) is 0 Å². The molecule has 0 amide bonds. The molecule has 0 fully saturated rings. The molecule has 0 aliphatic carbocycles. The molecular weight excluding hydrogens is 426 g/mol. The molecule has 1 aromatic carbocycles. The molecule has 0 saturated carbocycles. The fraction of sp³-hybridized carbons (Fsp3) is 0.333. The van der Waals surface area contributed by atoms with E-state index in [0.717, 1.165) is 0 Å². The zero-order chi connectivity index (χ0) is 19.4. The summed E-state index contributed by atoms with van der Waals surface area (Å²) in [5, 5.41) is 0.300. The van der Waals surface area contributed by atoms with Gasteiger partial charge in [0.1, 0.15) is 5.56 Å². The van der Waals surface area contributed by atoms with Gasteiger partial charge in [-0.3, -0.25) is 4.79 Å². The van der Waals surface area contributed by atoms with Gasteiger partial charge < -0.3 is 18.9 Å². The highest BCUT2D eigenvalue weighted by atomic mass is 79.9. The van der Waals surface area contributed by atoms with Crippen molar-refractivity contribution in [2.75, 3.05) is 27.9 Å². The maximum Gasteiger partial charge on any atom is 0.226 e. The van der Waals surface area contributed by atoms with Gasteiger partial charge in [-0.05, 0) is 41.4 Å². The van der Waals surface area contributed by atoms with Gasteiger partial charge in [-0.2, -0.15) is 0 Å². The largest absolute Gasteiger partial charge is 0.493 e. The zero-order valence-electron chi connectivity index (χ0n) is 15.1. The monoisotopic (exact) mass is 443 g/mol. The van der Waals surface area contributed by atoms with Gasteiger partial charge in [-0.1, -0.05) is 11.6 Å². The van der Waals surface area contributed by atoms with E-state index in [2.05, 4.69) is 20.9 Å². The van der Waals surface area contributed by atoms with Crippen LogP contribution in [0.1, 0.15) is 28.4 Å². The first-order valence-corrected chi connectivity index (χ1v) is 8.89. The molecule has 0 aliphatic heterocycles. The van der Waals surface area contributed by atoms with Crippen molar-refractivity contribution in [2.45, 2.75) is 13.8 Å². The van der Waals surface area contributed by atoms with E-state index in [1.807, 2.05) is 0 Å². The Bertz CT molecular complexity index is 841. The lowest BCUT2D eigenvalue weighted by molar-refractivity contribution is 0.102. The molecule has 0 unspecified atom stereocenters. The number of carbonyl (C=O) groups is 1. The van der Waals surface area contributed by atoms with E-state index in [1.165, 1.54) is 27.5 Å². The third-order valence-corrected chi connectivity index (χ3v) is 5.04. The number of aryl methyl sites for hydroxylation is 1. The molecule has 0 spiro atoms. The molecule has 2 rings (SSSR count). The quantitative estimate of drug-likeness (QED) is 0.587. The Labute approximate surface area is 165 Å². The Morgan fingerprint density at radius 1 is 1.15 bits per heavy atom. The number of nitrogens with zero attached hydrogens (tertiary/aromatic N) is 1. The van der Waals surface area contributed by atoms with Crippen LogP contribution in [0, 0.1) is 6.92 Å². The SMILES string of the molecule is CCOc1ncc(Cl)c(Br)c1C(=O)c1c(C)cc(OC)c(OC)c1OC. The number of hydrogen-bond acceptors (Lipinski definition) is 6. The Morgan fingerprint density at radius 3 is 2.35 bits per heavy atom. The van der Waals surface area contributed by atoms with Crippen molar-refractivity contribution in [1.82, 2.24) is 4.98 Å². The highest BCUT2D eigenvalue weighted by Gasteiger charge is 2.29. The van der Waals surface area contributed by atoms with Crippen LogP contribution in [0.2, 0.25) is 5.02 Å². The molecule has 1 heterocycles. The lowest BCUT2D eigenvalue weighted by atomic mass is 9.97. The Hall–Kier alpha value is -1.99. The van der Waals surface area contributed by atoms with Crippen molar-refractivity contribution < 1.29 is 23.7 Å². The summed E-state index contributed by atoms with van der Waals surface area (Å²) >= 11 is 9.51. The van der Waals surface area contributed by atoms with Crippen LogP contribution in [-0.4, -0.2) is 38.7 Å². The molecule has 1 aromatic heterocycles. The van der Waals surface area contributed by atoms with Gasteiger partial charge in [0.2, 0.25) is 17.4 Å². The zero-order valence-corrected chi connectivity index (χ0v) is 17.4. The lowest BCUT2D eigenvalue weighted by Crippen LogP contribution is -2.12. The molecular formula is C18H19BrClNO5. The van der Waals surface area contributed by atoms with Gasteiger partial charge in [-0.25, -0.2) is 4.98 Å². The van der Waals surface area contributed by atoms with E-state index in [4.69, 9.17) is 30.5 Å². The summed E-state index contributed by atoms with van der Waals surface area (Å²) in [6.45, 7) is 3.94. The average Bonchev–Trinajstić information content (AvgIpc) is 2.63. The molecule has 0 bridgehead atoms. The second kappa shape index (κ2) is 8.60. The number of benzene rings is 1. The van der Waals surface area contributed by atoms with Crippen molar-refractivity contribution >= 4 is 33.3 Å². The fourth-order valence-electron chi connectivity index (χ4n) is 2.58. The van der Waals surface area contributed by atoms with E-state index >= 15 is 0 Å². The van der Waals surface area contributed by atoms with Gasteiger partial charge in [0.15, 0.2) is 11.5 Å². The molecule has 8 heteroatoms. The molecule has 0 atom stereocenters. The van der Waals surface area contributed by atoms with Crippen molar-refractivity contribution in [1.29, 1.82) is 0 Å². The Balaban J connectivity index is 2.78. The number of aromatic nitrogens is 1. The summed E-state index contributed by atoms with van der Waals surface area (Å²) in [4.78, 5) is 17.5. The molecule has 0 radical (unpaired) electrons. The molecule has 0 N–H and O–H groups in total. The van der Waals surface area contributed by atoms with Gasteiger partial charge in [0.05, 0.1) is 49.2 Å². The fourth-order valence-corrected chi connectivity index (χ4v) is 3.17. The summed E-state index contributed by atoms with van der Waals surface area (Å²) in [6, 6.07) is 1.71. The van der Waals surface area contributed by atoms with E-state index in [0.29, 0.717) is 38.7 Å². The molecule has 140 valence electrons. The maximum absolute atomic E-state index is 13.4. The summed E-state index contributed by atoms with van der Waals surface area (Å²) in [6.07, 6.45) is 1.42. The highest BCUT2D eigenvalue weighted by Crippen LogP contribution is 2.44. The van der Waals surface area contributed by atoms with Crippen LogP contribution < -0.4 is 18.9 Å². The normalized spacial score (nSPS) is 10.4. The van der Waals surface area contributed by atoms with Crippen LogP contribution in [0.25, 0.3) is 0 Å². The number of rotatable bonds is 7. The van der Waals surface area contributed by atoms with E-state index in [9.17, 15) is 4.79 Å². The molecule has 2 aromatic rings. The smallest absolute Gasteiger partial charge is 0.226 e. The van der Waals surface area contributed by atoms with Crippen LogP contribution in [0.4, 0.5) is 0 Å². The summed E-state index contributed by atoms with van der Waals surface area (Å²) in [5.74, 6) is 0.888.